The summed E-state index contributed by atoms with van der Waals surface area (Å²) in [5.74, 6) is 1.65. The lowest BCUT2D eigenvalue weighted by atomic mass is 9.75. The van der Waals surface area contributed by atoms with E-state index in [4.69, 9.17) is 5.73 Å². The summed E-state index contributed by atoms with van der Waals surface area (Å²) in [6, 6.07) is 6.22. The van der Waals surface area contributed by atoms with E-state index in [2.05, 4.69) is 17.1 Å². The highest BCUT2D eigenvalue weighted by atomic mass is 14.7. The first-order valence-corrected chi connectivity index (χ1v) is 6.50. The molecule has 0 aromatic carbocycles. The van der Waals surface area contributed by atoms with Gasteiger partial charge < -0.3 is 5.73 Å². The Labute approximate surface area is 98.3 Å². The minimum Gasteiger partial charge on any atom is -0.330 e. The molecule has 1 saturated carbocycles. The molecular formula is C14H22N2. The smallest absolute Gasteiger partial charge is 0.0406 e. The second-order valence-electron chi connectivity index (χ2n) is 4.91. The van der Waals surface area contributed by atoms with Crippen LogP contribution < -0.4 is 5.73 Å². The molecule has 1 aromatic heterocycles. The molecule has 2 N–H and O–H groups in total. The van der Waals surface area contributed by atoms with Crippen LogP contribution in [0.15, 0.2) is 24.4 Å². The second kappa shape index (κ2) is 6.00. The van der Waals surface area contributed by atoms with Gasteiger partial charge in [-0.3, -0.25) is 4.98 Å². The maximum absolute atomic E-state index is 5.70. The van der Waals surface area contributed by atoms with Crippen LogP contribution in [0.3, 0.4) is 0 Å². The van der Waals surface area contributed by atoms with Crippen LogP contribution >= 0.6 is 0 Å². The molecule has 2 heteroatoms. The van der Waals surface area contributed by atoms with E-state index in [0.29, 0.717) is 0 Å². The first-order valence-electron chi connectivity index (χ1n) is 6.50. The summed E-state index contributed by atoms with van der Waals surface area (Å²) < 4.78 is 0. The van der Waals surface area contributed by atoms with E-state index in [0.717, 1.165) is 24.8 Å². The molecule has 0 radical (unpaired) electrons. The van der Waals surface area contributed by atoms with Gasteiger partial charge in [-0.25, -0.2) is 0 Å². The molecule has 16 heavy (non-hydrogen) atoms. The summed E-state index contributed by atoms with van der Waals surface area (Å²) >= 11 is 0. The molecule has 1 aliphatic rings. The molecule has 1 aliphatic carbocycles. The summed E-state index contributed by atoms with van der Waals surface area (Å²) in [5, 5.41) is 0. The number of hydrogen-bond donors (Lipinski definition) is 1. The van der Waals surface area contributed by atoms with Gasteiger partial charge in [-0.2, -0.15) is 0 Å². The van der Waals surface area contributed by atoms with Crippen LogP contribution in [-0.2, 0) is 6.42 Å². The van der Waals surface area contributed by atoms with Crippen molar-refractivity contribution in [1.82, 2.24) is 4.98 Å². The molecular weight excluding hydrogens is 196 g/mol. The number of nitrogens with two attached hydrogens (primary N) is 1. The van der Waals surface area contributed by atoms with Crippen molar-refractivity contribution in [3.63, 3.8) is 0 Å². The predicted molar refractivity (Wildman–Crippen MR) is 67.1 cm³/mol. The molecule has 0 saturated heterocycles. The Bertz CT molecular complexity index is 295. The molecule has 2 rings (SSSR count). The van der Waals surface area contributed by atoms with E-state index >= 15 is 0 Å². The fourth-order valence-electron chi connectivity index (χ4n) is 2.93. The van der Waals surface area contributed by atoms with Crippen LogP contribution in [0.2, 0.25) is 0 Å². The largest absolute Gasteiger partial charge is 0.330 e. The van der Waals surface area contributed by atoms with E-state index in [1.807, 2.05) is 12.3 Å². The average molecular weight is 218 g/mol. The normalized spacial score (nSPS) is 25.6. The lowest BCUT2D eigenvalue weighted by Crippen LogP contribution is -2.24. The van der Waals surface area contributed by atoms with Gasteiger partial charge >= 0.3 is 0 Å². The van der Waals surface area contributed by atoms with E-state index in [-0.39, 0.29) is 0 Å². The molecule has 0 amide bonds. The summed E-state index contributed by atoms with van der Waals surface area (Å²) in [6.07, 6.45) is 9.75. The van der Waals surface area contributed by atoms with Crippen molar-refractivity contribution in [2.75, 3.05) is 6.54 Å². The van der Waals surface area contributed by atoms with Crippen LogP contribution in [-0.4, -0.2) is 11.5 Å². The zero-order chi connectivity index (χ0) is 11.2. The maximum Gasteiger partial charge on any atom is 0.0406 e. The standard InChI is InChI=1S/C14H22N2/c15-9-8-12-5-1-2-6-13(12)11-14-7-3-4-10-16-14/h3-4,7,10,12-13H,1-2,5-6,8-9,11,15H2. The third-order valence-corrected chi connectivity index (χ3v) is 3.80. The van der Waals surface area contributed by atoms with Crippen molar-refractivity contribution in [2.24, 2.45) is 17.6 Å². The Morgan fingerprint density at radius 1 is 1.19 bits per heavy atom. The van der Waals surface area contributed by atoms with Gasteiger partial charge in [0, 0.05) is 11.9 Å². The van der Waals surface area contributed by atoms with Crippen molar-refractivity contribution in [3.8, 4) is 0 Å². The number of hydrogen-bond acceptors (Lipinski definition) is 2. The molecule has 0 spiro atoms. The minimum absolute atomic E-state index is 0.812. The highest BCUT2D eigenvalue weighted by Crippen LogP contribution is 2.33. The SMILES string of the molecule is NCCC1CCCCC1Cc1ccccn1. The zero-order valence-corrected chi connectivity index (χ0v) is 9.94. The number of pyridine rings is 1. The molecule has 2 unspecified atom stereocenters. The van der Waals surface area contributed by atoms with Crippen molar-refractivity contribution in [2.45, 2.75) is 38.5 Å². The average Bonchev–Trinajstić information content (AvgIpc) is 2.33. The summed E-state index contributed by atoms with van der Waals surface area (Å²) in [5.41, 5.74) is 6.95. The van der Waals surface area contributed by atoms with Gasteiger partial charge in [-0.15, -0.1) is 0 Å². The van der Waals surface area contributed by atoms with Crippen LogP contribution in [0.5, 0.6) is 0 Å². The van der Waals surface area contributed by atoms with E-state index in [1.54, 1.807) is 0 Å². The minimum atomic E-state index is 0.812. The zero-order valence-electron chi connectivity index (χ0n) is 9.94. The van der Waals surface area contributed by atoms with Gasteiger partial charge in [0.25, 0.3) is 0 Å². The first-order chi connectivity index (χ1) is 7.90. The number of nitrogens with zero attached hydrogens (tertiary/aromatic N) is 1. The lowest BCUT2D eigenvalue weighted by Gasteiger charge is -2.31. The van der Waals surface area contributed by atoms with Gasteiger partial charge in [0.15, 0.2) is 0 Å². The van der Waals surface area contributed by atoms with Gasteiger partial charge in [-0.1, -0.05) is 25.3 Å². The molecule has 1 heterocycles. The molecule has 0 bridgehead atoms. The van der Waals surface area contributed by atoms with Crippen molar-refractivity contribution < 1.29 is 0 Å². The van der Waals surface area contributed by atoms with Gasteiger partial charge in [0.1, 0.15) is 0 Å². The quantitative estimate of drug-likeness (QED) is 0.844. The predicted octanol–water partition coefficient (Wildman–Crippen LogP) is 2.78. The Morgan fingerprint density at radius 2 is 2.00 bits per heavy atom. The van der Waals surface area contributed by atoms with Crippen LogP contribution in [0, 0.1) is 11.8 Å². The summed E-state index contributed by atoms with van der Waals surface area (Å²) in [4.78, 5) is 4.44. The molecule has 1 aromatic rings. The number of rotatable bonds is 4. The maximum atomic E-state index is 5.70. The molecule has 2 nitrogen and oxygen atoms in total. The van der Waals surface area contributed by atoms with E-state index in [9.17, 15) is 0 Å². The Kier molecular flexibility index (Phi) is 4.34. The van der Waals surface area contributed by atoms with Gasteiger partial charge in [-0.05, 0) is 49.8 Å². The fourth-order valence-corrected chi connectivity index (χ4v) is 2.93. The van der Waals surface area contributed by atoms with Crippen LogP contribution in [0.1, 0.15) is 37.8 Å². The number of aromatic nitrogens is 1. The second-order valence-corrected chi connectivity index (χ2v) is 4.91. The lowest BCUT2D eigenvalue weighted by molar-refractivity contribution is 0.224. The Hall–Kier alpha value is -0.890. The van der Waals surface area contributed by atoms with E-state index < -0.39 is 0 Å². The molecule has 2 atom stereocenters. The monoisotopic (exact) mass is 218 g/mol. The molecule has 0 aliphatic heterocycles. The van der Waals surface area contributed by atoms with Crippen molar-refractivity contribution in [3.05, 3.63) is 30.1 Å². The van der Waals surface area contributed by atoms with Crippen molar-refractivity contribution >= 4 is 0 Å². The Balaban J connectivity index is 1.96. The first kappa shape index (κ1) is 11.6. The summed E-state index contributed by atoms with van der Waals surface area (Å²) in [6.45, 7) is 0.837. The van der Waals surface area contributed by atoms with Gasteiger partial charge in [0.05, 0.1) is 0 Å². The topological polar surface area (TPSA) is 38.9 Å². The highest BCUT2D eigenvalue weighted by Gasteiger charge is 2.24. The van der Waals surface area contributed by atoms with Crippen molar-refractivity contribution in [1.29, 1.82) is 0 Å². The van der Waals surface area contributed by atoms with E-state index in [1.165, 1.54) is 37.8 Å². The highest BCUT2D eigenvalue weighted by molar-refractivity contribution is 5.05. The third-order valence-electron chi connectivity index (χ3n) is 3.80. The van der Waals surface area contributed by atoms with Crippen LogP contribution in [0.4, 0.5) is 0 Å². The van der Waals surface area contributed by atoms with Gasteiger partial charge in [0.2, 0.25) is 0 Å². The Morgan fingerprint density at radius 3 is 2.69 bits per heavy atom. The summed E-state index contributed by atoms with van der Waals surface area (Å²) in [7, 11) is 0. The molecule has 1 fully saturated rings. The fraction of sp³-hybridized carbons (Fsp3) is 0.643. The molecule has 88 valence electrons. The third kappa shape index (κ3) is 3.05. The van der Waals surface area contributed by atoms with Crippen LogP contribution in [0.25, 0.3) is 0 Å².